The van der Waals surface area contributed by atoms with Gasteiger partial charge in [0, 0.05) is 65.3 Å². The highest BCUT2D eigenvalue weighted by atomic mass is 31.2. The van der Waals surface area contributed by atoms with Crippen molar-refractivity contribution in [1.82, 2.24) is 13.7 Å². The van der Waals surface area contributed by atoms with Crippen LogP contribution in [0.2, 0.25) is 0 Å². The summed E-state index contributed by atoms with van der Waals surface area (Å²) in [4.78, 5) is 0. The lowest BCUT2D eigenvalue weighted by Gasteiger charge is -2.13. The minimum Gasteiger partial charge on any atom is -0.319 e. The van der Waals surface area contributed by atoms with E-state index in [0.29, 0.717) is 0 Å². The summed E-state index contributed by atoms with van der Waals surface area (Å²) in [6, 6.07) is 163. The Labute approximate surface area is 754 Å². The molecule has 0 aliphatic heterocycles. The lowest BCUT2D eigenvalue weighted by molar-refractivity contribution is 0.587. The number of hydrogen-bond donors (Lipinski definition) is 0. The molecule has 0 amide bonds. The fourth-order valence-corrected chi connectivity index (χ4v) is 20.8. The summed E-state index contributed by atoms with van der Waals surface area (Å²) in [6.07, 6.45) is 0. The first-order valence-corrected chi connectivity index (χ1v) is 51.6. The first-order chi connectivity index (χ1) is 62.8. The smallest absolute Gasteiger partial charge is 0.109 e. The maximum Gasteiger partial charge on any atom is 0.109 e. The van der Waals surface area contributed by atoms with E-state index in [1.54, 1.807) is 0 Å². The van der Waals surface area contributed by atoms with E-state index in [2.05, 4.69) is 420 Å². The van der Waals surface area contributed by atoms with E-state index >= 15 is 0 Å². The van der Waals surface area contributed by atoms with Crippen molar-refractivity contribution in [3.05, 3.63) is 461 Å². The van der Waals surface area contributed by atoms with Crippen LogP contribution < -0.4 is 15.9 Å². The molecule has 3 heterocycles. The average molecular weight is 1720 g/mol. The van der Waals surface area contributed by atoms with Gasteiger partial charge in [0.2, 0.25) is 0 Å². The van der Waals surface area contributed by atoms with Crippen LogP contribution in [-0.2, 0) is 13.7 Å². The summed E-state index contributed by atoms with van der Waals surface area (Å²) >= 11 is 0. The van der Waals surface area contributed by atoms with E-state index in [4.69, 9.17) is 0 Å². The molecule has 0 spiro atoms. The van der Waals surface area contributed by atoms with E-state index < -0.39 is 21.4 Å². The van der Waals surface area contributed by atoms with Crippen LogP contribution in [0.4, 0.5) is 0 Å². The van der Waals surface area contributed by atoms with E-state index in [1.807, 2.05) is 94.6 Å². The van der Waals surface area contributed by atoms with Crippen LogP contribution in [0.25, 0.3) is 194 Å². The van der Waals surface area contributed by atoms with E-state index in [1.165, 1.54) is 143 Å². The van der Waals surface area contributed by atoms with Gasteiger partial charge in [-0.1, -0.05) is 358 Å². The Hall–Kier alpha value is -14.7. The van der Waals surface area contributed by atoms with E-state index in [0.717, 1.165) is 66.3 Å². The first-order valence-electron chi connectivity index (χ1n) is 43.8. The van der Waals surface area contributed by atoms with Gasteiger partial charge in [-0.3, -0.25) is 0 Å². The Morgan fingerprint density at radius 3 is 0.674 bits per heavy atom. The maximum absolute atomic E-state index is 13.1. The standard InChI is InChI=1S/C44H34NOP.2C38H30NOP/c1-47(2,46)40-15-9-14-39(30-40)45-43-26-24-37(35-20-16-33(17-21-35)31-10-5-3-6-11-31)28-41(43)42-29-38(25-27-44(42)45)36-22-18-34(19-23-36)32-12-7-4-8-13-32;1-41(2,40)34-18-10-16-30(24-34)29-15-9-17-33(23-29)39-37-25-31(27-11-5-3-6-12-27)19-21-35(37)36-22-20-32(26-38(36)39)28-13-7-4-8-14-28;1-41(2,40)34-15-9-12-30(24-34)31-21-23-37-36(25-31)35-22-20-32(26-38(35)39(37)33-13-7-4-8-14-33)29-18-16-28(17-19-29)27-10-5-3-6-11-27/h3-30H,1-2H3;2*3-26H,1-2H3. The summed E-state index contributed by atoms with van der Waals surface area (Å²) in [5.74, 6) is 0. The minimum atomic E-state index is -2.43. The minimum absolute atomic E-state index is 0.884. The predicted octanol–water partition coefficient (Wildman–Crippen LogP) is 31.8. The second kappa shape index (κ2) is 34.9. The third-order valence-electron chi connectivity index (χ3n) is 24.9. The molecule has 129 heavy (non-hydrogen) atoms. The van der Waals surface area contributed by atoms with Crippen LogP contribution in [-0.4, -0.2) is 53.7 Å². The molecule has 6 nitrogen and oxygen atoms in total. The highest BCUT2D eigenvalue weighted by Gasteiger charge is 2.23. The van der Waals surface area contributed by atoms with Gasteiger partial charge in [-0.2, -0.15) is 0 Å². The molecule has 0 atom stereocenters. The van der Waals surface area contributed by atoms with Gasteiger partial charge in [0.25, 0.3) is 0 Å². The lowest BCUT2D eigenvalue weighted by atomic mass is 9.97. The molecule has 0 N–H and O–H groups in total. The molecule has 0 aliphatic carbocycles. The molecule has 0 unspecified atom stereocenters. The monoisotopic (exact) mass is 1720 g/mol. The third kappa shape index (κ3) is 17.0. The normalized spacial score (nSPS) is 11.7. The number of benzene rings is 19. The molecule has 22 aromatic rings. The fraction of sp³-hybridized carbons (Fsp3) is 0.0500. The molecule has 0 aliphatic rings. The van der Waals surface area contributed by atoms with Crippen molar-refractivity contribution < 1.29 is 13.7 Å². The highest BCUT2D eigenvalue weighted by Crippen LogP contribution is 2.45. The number of aromatic nitrogens is 3. The summed E-state index contributed by atoms with van der Waals surface area (Å²) in [5.41, 5.74) is 33.7. The molecule has 3 aromatic heterocycles. The Morgan fingerprint density at radius 1 is 0.140 bits per heavy atom. The topological polar surface area (TPSA) is 66.0 Å². The largest absolute Gasteiger partial charge is 0.319 e. The molecular formula is C120H94N3O3P3. The molecule has 0 saturated carbocycles. The van der Waals surface area contributed by atoms with Crippen LogP contribution in [0.1, 0.15) is 0 Å². The summed E-state index contributed by atoms with van der Waals surface area (Å²) < 4.78 is 45.8. The molecule has 622 valence electrons. The second-order valence-electron chi connectivity index (χ2n) is 34.5. The second-order valence-corrected chi connectivity index (χ2v) is 44.2. The van der Waals surface area contributed by atoms with Crippen molar-refractivity contribution in [2.75, 3.05) is 40.0 Å². The molecule has 19 aromatic carbocycles. The Balaban J connectivity index is 0.000000122. The molecule has 0 bridgehead atoms. The molecule has 9 heteroatoms. The fourth-order valence-electron chi connectivity index (χ4n) is 18.1. The number of fused-ring (bicyclic) bond motifs is 9. The molecule has 0 radical (unpaired) electrons. The molecule has 22 rings (SSSR count). The Bertz CT molecular complexity index is 7850. The van der Waals surface area contributed by atoms with Gasteiger partial charge < -0.3 is 27.4 Å². The maximum atomic E-state index is 13.1. The summed E-state index contributed by atoms with van der Waals surface area (Å²) in [7, 11) is -7.14. The van der Waals surface area contributed by atoms with Crippen molar-refractivity contribution in [3.8, 4) is 128 Å². The SMILES string of the molecule is CP(C)(=O)c1cccc(-c2ccc3c(c2)c2ccc(-c4ccc(-c5ccccc5)cc4)cc2n3-c2ccccc2)c1.CP(C)(=O)c1cccc(-c2cccc(-n3c4cc(-c5ccccc5)ccc4c4ccc(-c5ccccc5)cc43)c2)c1.CP(C)(=O)c1cccc(-n2c3ccc(-c4ccc(-c5ccccc5)cc4)cc3c3cc(-c4ccc(-c5ccccc5)cc4)ccc32)c1. The van der Waals surface area contributed by atoms with Gasteiger partial charge >= 0.3 is 0 Å². The van der Waals surface area contributed by atoms with Gasteiger partial charge in [-0.05, 0) is 254 Å². The van der Waals surface area contributed by atoms with Crippen molar-refractivity contribution >= 4 is 103 Å². The number of hydrogen-bond acceptors (Lipinski definition) is 3. The van der Waals surface area contributed by atoms with Gasteiger partial charge in [0.1, 0.15) is 21.4 Å². The third-order valence-corrected chi connectivity index (χ3v) is 29.5. The predicted molar refractivity (Wildman–Crippen MR) is 554 cm³/mol. The van der Waals surface area contributed by atoms with Gasteiger partial charge in [-0.15, -0.1) is 0 Å². The quantitative estimate of drug-likeness (QED) is 0.0906. The van der Waals surface area contributed by atoms with Crippen LogP contribution in [0, 0.1) is 0 Å². The summed E-state index contributed by atoms with van der Waals surface area (Å²) in [6.45, 7) is 11.0. The number of para-hydroxylation sites is 1. The van der Waals surface area contributed by atoms with Crippen LogP contribution in [0.3, 0.4) is 0 Å². The van der Waals surface area contributed by atoms with Crippen molar-refractivity contribution in [3.63, 3.8) is 0 Å². The van der Waals surface area contributed by atoms with Crippen molar-refractivity contribution in [2.45, 2.75) is 0 Å². The zero-order chi connectivity index (χ0) is 87.9. The average Bonchev–Trinajstić information content (AvgIpc) is 1.60. The van der Waals surface area contributed by atoms with Crippen LogP contribution in [0.15, 0.2) is 461 Å². The van der Waals surface area contributed by atoms with E-state index in [9.17, 15) is 13.7 Å². The summed E-state index contributed by atoms with van der Waals surface area (Å²) in [5, 5.41) is 9.94. The van der Waals surface area contributed by atoms with Crippen LogP contribution in [0.5, 0.6) is 0 Å². The van der Waals surface area contributed by atoms with Crippen molar-refractivity contribution in [2.24, 2.45) is 0 Å². The van der Waals surface area contributed by atoms with Gasteiger partial charge in [-0.25, -0.2) is 0 Å². The van der Waals surface area contributed by atoms with Crippen LogP contribution >= 0.6 is 21.4 Å². The Kier molecular flexibility index (Phi) is 22.3. The zero-order valence-corrected chi connectivity index (χ0v) is 75.5. The van der Waals surface area contributed by atoms with Gasteiger partial charge in [0.15, 0.2) is 0 Å². The zero-order valence-electron chi connectivity index (χ0n) is 72.8. The Morgan fingerprint density at radius 2 is 0.333 bits per heavy atom. The number of nitrogens with zero attached hydrogens (tertiary/aromatic N) is 3. The van der Waals surface area contributed by atoms with Gasteiger partial charge in [0.05, 0.1) is 33.1 Å². The first kappa shape index (κ1) is 82.5. The molecule has 0 saturated heterocycles. The lowest BCUT2D eigenvalue weighted by Crippen LogP contribution is -2.05. The number of rotatable bonds is 16. The highest BCUT2D eigenvalue weighted by molar-refractivity contribution is 7.70. The van der Waals surface area contributed by atoms with E-state index in [-0.39, 0.29) is 0 Å². The molecule has 0 fully saturated rings. The van der Waals surface area contributed by atoms with Crippen molar-refractivity contribution in [1.29, 1.82) is 0 Å². The molecular weight excluding hydrogens is 1620 g/mol.